The molecule has 2 saturated heterocycles. The molecule has 2 unspecified atom stereocenters. The fourth-order valence-electron chi connectivity index (χ4n) is 4.55. The zero-order chi connectivity index (χ0) is 25.0. The number of imide groups is 2. The molecule has 3 rings (SSSR count). The zero-order valence-corrected chi connectivity index (χ0v) is 16.2. The number of halogens is 6. The lowest BCUT2D eigenvalue weighted by Gasteiger charge is -2.50. The number of rotatable bonds is 5. The van der Waals surface area contributed by atoms with Crippen molar-refractivity contribution in [2.24, 2.45) is 0 Å². The summed E-state index contributed by atoms with van der Waals surface area (Å²) >= 11 is 0. The summed E-state index contributed by atoms with van der Waals surface area (Å²) < 4.78 is 80.6. The summed E-state index contributed by atoms with van der Waals surface area (Å²) in [6.07, 6.45) is -14.7. The molecule has 16 heteroatoms. The number of hydrogen-bond acceptors (Lipinski definition) is 5. The maximum Gasteiger partial charge on any atom is 0.583 e. The van der Waals surface area contributed by atoms with Gasteiger partial charge in [0.15, 0.2) is 6.42 Å². The number of carboxylic acids is 1. The molecule has 0 spiro atoms. The van der Waals surface area contributed by atoms with Gasteiger partial charge in [-0.3, -0.25) is 15.4 Å². The first kappa shape index (κ1) is 24.1. The molecule has 6 amide bonds. The van der Waals surface area contributed by atoms with Crippen LogP contribution in [0.25, 0.3) is 0 Å². The van der Waals surface area contributed by atoms with Crippen molar-refractivity contribution in [1.29, 1.82) is 0 Å². The van der Waals surface area contributed by atoms with Crippen LogP contribution >= 0.6 is 0 Å². The fraction of sp³-hybridized carbons (Fsp3) is 0.353. The Hall–Kier alpha value is -3.53. The molecule has 178 valence electrons. The molecular formula is C17H14F6N4O6+2. The van der Waals surface area contributed by atoms with Gasteiger partial charge in [-0.1, -0.05) is 18.2 Å². The highest BCUT2D eigenvalue weighted by Gasteiger charge is 2.94. The van der Waals surface area contributed by atoms with E-state index in [1.54, 1.807) is 0 Å². The predicted molar refractivity (Wildman–Crippen MR) is 89.8 cm³/mol. The number of alkyl halides is 6. The molecule has 3 N–H and O–H groups in total. The summed E-state index contributed by atoms with van der Waals surface area (Å²) in [7, 11) is 0. The van der Waals surface area contributed by atoms with E-state index in [0.717, 1.165) is 18.2 Å². The number of aliphatic carboxylic acids is 1. The number of hydrogen-bond donors (Lipinski definition) is 3. The third-order valence-electron chi connectivity index (χ3n) is 5.64. The number of nitrogens with one attached hydrogen (secondary N) is 2. The third-order valence-corrected chi connectivity index (χ3v) is 5.64. The van der Waals surface area contributed by atoms with Crippen LogP contribution in [0.5, 0.6) is 0 Å². The van der Waals surface area contributed by atoms with Crippen molar-refractivity contribution in [1.82, 2.24) is 10.6 Å². The van der Waals surface area contributed by atoms with Crippen molar-refractivity contribution in [3.8, 4) is 0 Å². The van der Waals surface area contributed by atoms with Crippen molar-refractivity contribution in [3.05, 3.63) is 35.9 Å². The van der Waals surface area contributed by atoms with Gasteiger partial charge in [0.25, 0.3) is 0 Å². The summed E-state index contributed by atoms with van der Waals surface area (Å²) in [4.78, 5) is 62.7. The van der Waals surface area contributed by atoms with Gasteiger partial charge in [0.05, 0.1) is 5.56 Å². The molecule has 2 aliphatic heterocycles. The molecule has 33 heavy (non-hydrogen) atoms. The van der Waals surface area contributed by atoms with Crippen LogP contribution in [0.3, 0.4) is 0 Å². The summed E-state index contributed by atoms with van der Waals surface area (Å²) in [5, 5.41) is 12.5. The zero-order valence-electron chi connectivity index (χ0n) is 16.2. The molecule has 1 aromatic rings. The quantitative estimate of drug-likeness (QED) is 0.251. The molecule has 0 saturated carbocycles. The Morgan fingerprint density at radius 3 is 1.48 bits per heavy atom. The topological polar surface area (TPSA) is 130 Å². The van der Waals surface area contributed by atoms with Crippen LogP contribution in [0, 0.1) is 0 Å². The van der Waals surface area contributed by atoms with E-state index in [0.29, 0.717) is 12.1 Å². The summed E-state index contributed by atoms with van der Waals surface area (Å²) in [5.74, 6) is -6.80. The van der Waals surface area contributed by atoms with Crippen LogP contribution in [0.2, 0.25) is 0 Å². The van der Waals surface area contributed by atoms with E-state index in [4.69, 9.17) is 0 Å². The molecule has 2 aliphatic rings. The number of amides is 6. The average molecular weight is 484 g/mol. The molecule has 10 nitrogen and oxygen atoms in total. The minimum atomic E-state index is -6.22. The second-order valence-corrected chi connectivity index (χ2v) is 7.14. The Morgan fingerprint density at radius 2 is 1.21 bits per heavy atom. The average Bonchev–Trinajstić information content (AvgIpc) is 3.17. The molecule has 2 heterocycles. The van der Waals surface area contributed by atoms with Crippen LogP contribution in [0.1, 0.15) is 12.0 Å². The van der Waals surface area contributed by atoms with Gasteiger partial charge in [0.2, 0.25) is 0 Å². The smallest absolute Gasteiger partial charge is 0.481 e. The number of benzene rings is 1. The second kappa shape index (κ2) is 7.24. The highest BCUT2D eigenvalue weighted by molar-refractivity contribution is 5.96. The lowest BCUT2D eigenvalue weighted by molar-refractivity contribution is -1.13. The van der Waals surface area contributed by atoms with Gasteiger partial charge >= 0.3 is 48.1 Å². The maximum atomic E-state index is 14.7. The largest absolute Gasteiger partial charge is 0.583 e. The first-order valence-electron chi connectivity index (χ1n) is 8.95. The van der Waals surface area contributed by atoms with E-state index in [9.17, 15) is 55.4 Å². The van der Waals surface area contributed by atoms with E-state index >= 15 is 0 Å². The van der Waals surface area contributed by atoms with E-state index in [1.165, 1.54) is 10.6 Å². The summed E-state index contributed by atoms with van der Waals surface area (Å²) in [6, 6.07) is -0.622. The first-order chi connectivity index (χ1) is 15.1. The van der Waals surface area contributed by atoms with Gasteiger partial charge in [-0.15, -0.1) is 26.3 Å². The SMILES string of the molecule is O=C(O)CC(c1ccccc1)([N+]1(C(F)(F)F)C(=O)CNC1=O)[N+]1(C(F)(F)F)C(=O)CNC1=O. The molecule has 0 aliphatic carbocycles. The second-order valence-electron chi connectivity index (χ2n) is 7.14. The number of quaternary nitrogens is 2. The third kappa shape index (κ3) is 2.73. The minimum absolute atomic E-state index is 0.582. The van der Waals surface area contributed by atoms with Gasteiger partial charge in [0, 0.05) is 0 Å². The number of nitrogens with zero attached hydrogens (tertiary/aromatic N) is 2. The highest BCUT2D eigenvalue weighted by atomic mass is 19.4. The van der Waals surface area contributed by atoms with Crippen LogP contribution in [0.15, 0.2) is 30.3 Å². The first-order valence-corrected chi connectivity index (χ1v) is 8.95. The van der Waals surface area contributed by atoms with Gasteiger partial charge in [-0.05, 0) is 21.1 Å². The Kier molecular flexibility index (Phi) is 5.29. The normalized spacial score (nSPS) is 27.8. The summed E-state index contributed by atoms with van der Waals surface area (Å²) in [6.45, 7) is -2.86. The molecule has 0 aromatic heterocycles. The molecule has 1 aromatic carbocycles. The van der Waals surface area contributed by atoms with Gasteiger partial charge in [0.1, 0.15) is 13.1 Å². The number of carboxylic acid groups (broad SMARTS) is 1. The van der Waals surface area contributed by atoms with Crippen LogP contribution in [-0.4, -0.2) is 69.6 Å². The van der Waals surface area contributed by atoms with Crippen molar-refractivity contribution >= 4 is 29.8 Å². The number of carbonyl (C=O) groups is 5. The minimum Gasteiger partial charge on any atom is -0.481 e. The monoisotopic (exact) mass is 484 g/mol. The van der Waals surface area contributed by atoms with Crippen LogP contribution in [-0.2, 0) is 20.0 Å². The Balaban J connectivity index is 2.73. The molecule has 2 atom stereocenters. The predicted octanol–water partition coefficient (Wildman–Crippen LogP) is 1.49. The van der Waals surface area contributed by atoms with Gasteiger partial charge in [-0.2, -0.15) is 0 Å². The van der Waals surface area contributed by atoms with Crippen molar-refractivity contribution < 1.29 is 64.4 Å². The lowest BCUT2D eigenvalue weighted by atomic mass is 9.86. The maximum absolute atomic E-state index is 14.7. The van der Waals surface area contributed by atoms with E-state index < -0.39 is 82.1 Å². The Labute approximate surface area is 179 Å². The molecule has 2 fully saturated rings. The van der Waals surface area contributed by atoms with Crippen molar-refractivity contribution in [3.63, 3.8) is 0 Å². The van der Waals surface area contributed by atoms with Crippen LogP contribution in [0.4, 0.5) is 35.9 Å². The van der Waals surface area contributed by atoms with Gasteiger partial charge < -0.3 is 5.11 Å². The van der Waals surface area contributed by atoms with E-state index in [1.807, 2.05) is 0 Å². The highest BCUT2D eigenvalue weighted by Crippen LogP contribution is 2.59. The van der Waals surface area contributed by atoms with E-state index in [2.05, 4.69) is 0 Å². The standard InChI is InChI=1S/C17H12F6N4O6/c18-16(19,20)26(10(28)7-24-13(26)32)15(6-12(30)31,9-4-2-1-3-5-9)27(17(21,22)23)11(29)8-25-14(27)33/h1-5H,6-8H2,(H-2,24,25,30,31,32,33)/p+2. The lowest BCUT2D eigenvalue weighted by Crippen LogP contribution is -2.86. The van der Waals surface area contributed by atoms with Gasteiger partial charge in [-0.25, -0.2) is 19.2 Å². The fourth-order valence-corrected chi connectivity index (χ4v) is 4.55. The number of carbonyl (C=O) groups excluding carboxylic acids is 4. The molecule has 0 radical (unpaired) electrons. The van der Waals surface area contributed by atoms with Crippen LogP contribution < -0.4 is 10.6 Å². The van der Waals surface area contributed by atoms with Crippen molar-refractivity contribution in [2.45, 2.75) is 24.7 Å². The van der Waals surface area contributed by atoms with E-state index in [-0.39, 0.29) is 0 Å². The summed E-state index contributed by atoms with van der Waals surface area (Å²) in [5.41, 5.74) is -5.57. The Bertz CT molecular complexity index is 968. The number of urea groups is 2. The molecule has 0 bridgehead atoms. The Morgan fingerprint density at radius 1 is 0.818 bits per heavy atom. The van der Waals surface area contributed by atoms with Crippen molar-refractivity contribution in [2.75, 3.05) is 13.1 Å². The molecular weight excluding hydrogens is 470 g/mol.